The third-order valence-corrected chi connectivity index (χ3v) is 3.23. The molecule has 0 aliphatic carbocycles. The van der Waals surface area contributed by atoms with Crippen molar-refractivity contribution in [3.63, 3.8) is 0 Å². The molecule has 4 nitrogen and oxygen atoms in total. The summed E-state index contributed by atoms with van der Waals surface area (Å²) in [7, 11) is 2.96. The average molecular weight is 339 g/mol. The van der Waals surface area contributed by atoms with E-state index in [-0.39, 0.29) is 17.2 Å². The molecule has 6 heteroatoms. The fraction of sp³-hybridized carbons (Fsp3) is 0.143. The molecule has 0 atom stereocenters. The predicted octanol–water partition coefficient (Wildman–Crippen LogP) is 3.27. The molecule has 0 radical (unpaired) electrons. The first kappa shape index (κ1) is 14.5. The molecule has 2 rings (SSSR count). The van der Waals surface area contributed by atoms with E-state index in [0.717, 1.165) is 10.5 Å². The van der Waals surface area contributed by atoms with Crippen LogP contribution < -0.4 is 9.64 Å². The van der Waals surface area contributed by atoms with Gasteiger partial charge in [-0.2, -0.15) is 0 Å². The summed E-state index contributed by atoms with van der Waals surface area (Å²) in [6, 6.07) is 7.56. The number of ether oxygens (including phenoxy) is 1. The molecule has 0 N–H and O–H groups in total. The average Bonchev–Trinajstić information content (AvgIpc) is 2.46. The highest BCUT2D eigenvalue weighted by Crippen LogP contribution is 2.20. The van der Waals surface area contributed by atoms with Crippen LogP contribution in [0, 0.1) is 5.82 Å². The Morgan fingerprint density at radius 2 is 2.10 bits per heavy atom. The SMILES string of the molecule is COc1ccc(C(=O)N(C)c2ccc(Br)cn2)cc1F. The lowest BCUT2D eigenvalue weighted by Crippen LogP contribution is -2.27. The molecular weight excluding hydrogens is 327 g/mol. The highest BCUT2D eigenvalue weighted by Gasteiger charge is 2.16. The van der Waals surface area contributed by atoms with Gasteiger partial charge in [0.05, 0.1) is 7.11 Å². The van der Waals surface area contributed by atoms with Gasteiger partial charge >= 0.3 is 0 Å². The van der Waals surface area contributed by atoms with E-state index in [9.17, 15) is 9.18 Å². The van der Waals surface area contributed by atoms with Crippen molar-refractivity contribution in [2.45, 2.75) is 0 Å². The normalized spacial score (nSPS) is 10.2. The van der Waals surface area contributed by atoms with Gasteiger partial charge in [-0.05, 0) is 46.3 Å². The van der Waals surface area contributed by atoms with Crippen LogP contribution in [-0.4, -0.2) is 25.0 Å². The van der Waals surface area contributed by atoms with Crippen molar-refractivity contribution >= 4 is 27.7 Å². The quantitative estimate of drug-likeness (QED) is 0.862. The molecule has 0 saturated heterocycles. The lowest BCUT2D eigenvalue weighted by Gasteiger charge is -2.16. The van der Waals surface area contributed by atoms with Crippen molar-refractivity contribution in [2.24, 2.45) is 0 Å². The lowest BCUT2D eigenvalue weighted by atomic mass is 10.2. The second-order valence-electron chi connectivity index (χ2n) is 4.05. The van der Waals surface area contributed by atoms with Crippen LogP contribution in [-0.2, 0) is 0 Å². The number of nitrogens with zero attached hydrogens (tertiary/aromatic N) is 2. The first-order chi connectivity index (χ1) is 9.52. The standard InChI is InChI=1S/C14H12BrFN2O2/c1-18(13-6-4-10(15)8-17-13)14(19)9-3-5-12(20-2)11(16)7-9/h3-8H,1-2H3. The summed E-state index contributed by atoms with van der Waals surface area (Å²) in [5.41, 5.74) is 0.232. The molecular formula is C14H12BrFN2O2. The number of anilines is 1. The second kappa shape index (κ2) is 6.00. The summed E-state index contributed by atoms with van der Waals surface area (Å²) in [5, 5.41) is 0. The Morgan fingerprint density at radius 3 is 2.65 bits per heavy atom. The molecule has 1 heterocycles. The van der Waals surface area contributed by atoms with Crippen molar-refractivity contribution in [3.05, 3.63) is 52.4 Å². The van der Waals surface area contributed by atoms with Gasteiger partial charge in [0.25, 0.3) is 5.91 Å². The van der Waals surface area contributed by atoms with E-state index in [1.54, 1.807) is 25.4 Å². The molecule has 0 spiro atoms. The fourth-order valence-electron chi connectivity index (χ4n) is 1.66. The van der Waals surface area contributed by atoms with Gasteiger partial charge in [-0.1, -0.05) is 0 Å². The monoisotopic (exact) mass is 338 g/mol. The number of carbonyl (C=O) groups is 1. The molecule has 0 aliphatic heterocycles. The number of hydrogen-bond donors (Lipinski definition) is 0. The molecule has 0 unspecified atom stereocenters. The van der Waals surface area contributed by atoms with E-state index in [0.29, 0.717) is 5.82 Å². The zero-order valence-electron chi connectivity index (χ0n) is 10.9. The third kappa shape index (κ3) is 2.96. The lowest BCUT2D eigenvalue weighted by molar-refractivity contribution is 0.0992. The minimum Gasteiger partial charge on any atom is -0.494 e. The minimum atomic E-state index is -0.574. The Morgan fingerprint density at radius 1 is 1.35 bits per heavy atom. The van der Waals surface area contributed by atoms with E-state index in [1.165, 1.54) is 24.1 Å². The van der Waals surface area contributed by atoms with E-state index in [1.807, 2.05) is 0 Å². The van der Waals surface area contributed by atoms with Gasteiger partial charge in [-0.25, -0.2) is 9.37 Å². The number of methoxy groups -OCH3 is 1. The van der Waals surface area contributed by atoms with Crippen molar-refractivity contribution in [1.29, 1.82) is 0 Å². The number of halogens is 2. The molecule has 0 saturated carbocycles. The Kier molecular flexibility index (Phi) is 4.34. The van der Waals surface area contributed by atoms with Crippen LogP contribution in [0.25, 0.3) is 0 Å². The fourth-order valence-corrected chi connectivity index (χ4v) is 1.90. The summed E-state index contributed by atoms with van der Waals surface area (Å²) < 4.78 is 19.2. The summed E-state index contributed by atoms with van der Waals surface area (Å²) in [6.07, 6.45) is 1.59. The molecule has 0 bridgehead atoms. The topological polar surface area (TPSA) is 42.4 Å². The Hall–Kier alpha value is -1.95. The number of aromatic nitrogens is 1. The van der Waals surface area contributed by atoms with Gasteiger partial charge in [-0.15, -0.1) is 0 Å². The highest BCUT2D eigenvalue weighted by atomic mass is 79.9. The van der Waals surface area contributed by atoms with Crippen LogP contribution >= 0.6 is 15.9 Å². The van der Waals surface area contributed by atoms with Crippen LogP contribution in [0.4, 0.5) is 10.2 Å². The van der Waals surface area contributed by atoms with Gasteiger partial charge in [0.1, 0.15) is 5.82 Å². The van der Waals surface area contributed by atoms with E-state index >= 15 is 0 Å². The van der Waals surface area contributed by atoms with Crippen LogP contribution in [0.2, 0.25) is 0 Å². The summed E-state index contributed by atoms with van der Waals surface area (Å²) in [5.74, 6) is -0.336. The summed E-state index contributed by atoms with van der Waals surface area (Å²) >= 11 is 3.27. The largest absolute Gasteiger partial charge is 0.494 e. The van der Waals surface area contributed by atoms with E-state index in [4.69, 9.17) is 4.74 Å². The second-order valence-corrected chi connectivity index (χ2v) is 4.96. The number of benzene rings is 1. The van der Waals surface area contributed by atoms with Gasteiger partial charge in [0.15, 0.2) is 11.6 Å². The molecule has 1 amide bonds. The maximum atomic E-state index is 13.6. The van der Waals surface area contributed by atoms with Crippen LogP contribution in [0.15, 0.2) is 41.0 Å². The highest BCUT2D eigenvalue weighted by molar-refractivity contribution is 9.10. The first-order valence-corrected chi connectivity index (χ1v) is 6.55. The van der Waals surface area contributed by atoms with Crippen LogP contribution in [0.1, 0.15) is 10.4 Å². The molecule has 104 valence electrons. The Balaban J connectivity index is 2.26. The zero-order chi connectivity index (χ0) is 14.7. The van der Waals surface area contributed by atoms with E-state index < -0.39 is 5.82 Å². The number of pyridine rings is 1. The summed E-state index contributed by atoms with van der Waals surface area (Å²) in [6.45, 7) is 0. The number of hydrogen-bond acceptors (Lipinski definition) is 3. The van der Waals surface area contributed by atoms with E-state index in [2.05, 4.69) is 20.9 Å². The van der Waals surface area contributed by atoms with Gasteiger partial charge < -0.3 is 4.74 Å². The predicted molar refractivity (Wildman–Crippen MR) is 77.6 cm³/mol. The number of carbonyl (C=O) groups excluding carboxylic acids is 1. The Bertz CT molecular complexity index is 632. The molecule has 20 heavy (non-hydrogen) atoms. The maximum absolute atomic E-state index is 13.6. The summed E-state index contributed by atoms with van der Waals surface area (Å²) in [4.78, 5) is 17.7. The number of rotatable bonds is 3. The smallest absolute Gasteiger partial charge is 0.259 e. The first-order valence-electron chi connectivity index (χ1n) is 5.76. The van der Waals surface area contributed by atoms with Crippen LogP contribution in [0.5, 0.6) is 5.75 Å². The molecule has 1 aromatic carbocycles. The van der Waals surface area contributed by atoms with Gasteiger partial charge in [0.2, 0.25) is 0 Å². The van der Waals surface area contributed by atoms with Gasteiger partial charge in [0, 0.05) is 23.3 Å². The minimum absolute atomic E-state index is 0.103. The molecule has 2 aromatic rings. The van der Waals surface area contributed by atoms with Crippen molar-refractivity contribution in [2.75, 3.05) is 19.1 Å². The van der Waals surface area contributed by atoms with Crippen molar-refractivity contribution < 1.29 is 13.9 Å². The van der Waals surface area contributed by atoms with Crippen molar-refractivity contribution in [1.82, 2.24) is 4.98 Å². The molecule has 0 aliphatic rings. The number of amides is 1. The van der Waals surface area contributed by atoms with Gasteiger partial charge in [-0.3, -0.25) is 9.69 Å². The third-order valence-electron chi connectivity index (χ3n) is 2.76. The molecule has 0 fully saturated rings. The van der Waals surface area contributed by atoms with Crippen LogP contribution in [0.3, 0.4) is 0 Å². The zero-order valence-corrected chi connectivity index (χ0v) is 12.5. The Labute approximate surface area is 124 Å². The molecule has 1 aromatic heterocycles. The van der Waals surface area contributed by atoms with Crippen molar-refractivity contribution in [3.8, 4) is 5.75 Å². The maximum Gasteiger partial charge on any atom is 0.259 e.